The van der Waals surface area contributed by atoms with E-state index in [9.17, 15) is 4.79 Å². The van der Waals surface area contributed by atoms with Gasteiger partial charge in [0, 0.05) is 16.7 Å². The van der Waals surface area contributed by atoms with Crippen LogP contribution in [0.2, 0.25) is 10.0 Å². The molecule has 1 amide bonds. The van der Waals surface area contributed by atoms with Gasteiger partial charge in [-0.25, -0.2) is 0 Å². The molecule has 0 saturated carbocycles. The molecule has 4 nitrogen and oxygen atoms in total. The average molecular weight is 477 g/mol. The van der Waals surface area contributed by atoms with Crippen molar-refractivity contribution in [3.8, 4) is 0 Å². The van der Waals surface area contributed by atoms with Gasteiger partial charge in [-0.05, 0) is 52.9 Å². The summed E-state index contributed by atoms with van der Waals surface area (Å²) in [5, 5.41) is 3.96. The van der Waals surface area contributed by atoms with E-state index in [1.807, 2.05) is 24.3 Å². The monoisotopic (exact) mass is 476 g/mol. The molecule has 3 rings (SSSR count). The van der Waals surface area contributed by atoms with E-state index in [0.717, 1.165) is 22.3 Å². The van der Waals surface area contributed by atoms with E-state index in [1.165, 1.54) is 0 Å². The first-order chi connectivity index (χ1) is 11.6. The van der Waals surface area contributed by atoms with Gasteiger partial charge in [-0.15, -0.1) is 0 Å². The maximum atomic E-state index is 12.6. The van der Waals surface area contributed by atoms with Crippen molar-refractivity contribution in [3.63, 3.8) is 0 Å². The smallest absolute Gasteiger partial charge is 0.257 e. The molecular formula is C17H15Cl2IN2O2. The fourth-order valence-electron chi connectivity index (χ4n) is 2.59. The normalized spacial score (nSPS) is 14.5. The summed E-state index contributed by atoms with van der Waals surface area (Å²) in [6.45, 7) is 2.75. The van der Waals surface area contributed by atoms with Crippen LogP contribution in [0.25, 0.3) is 0 Å². The molecule has 0 atom stereocenters. The van der Waals surface area contributed by atoms with E-state index in [0.29, 0.717) is 34.5 Å². The lowest BCUT2D eigenvalue weighted by Crippen LogP contribution is -2.37. The van der Waals surface area contributed by atoms with Crippen molar-refractivity contribution >= 4 is 63.1 Å². The molecule has 1 N–H and O–H groups in total. The quantitative estimate of drug-likeness (QED) is 0.653. The molecule has 1 aliphatic heterocycles. The average Bonchev–Trinajstić information content (AvgIpc) is 2.58. The second-order valence-electron chi connectivity index (χ2n) is 5.31. The minimum Gasteiger partial charge on any atom is -0.378 e. The van der Waals surface area contributed by atoms with Crippen LogP contribution < -0.4 is 10.2 Å². The highest BCUT2D eigenvalue weighted by atomic mass is 127. The summed E-state index contributed by atoms with van der Waals surface area (Å²) < 4.78 is 6.34. The summed E-state index contributed by atoms with van der Waals surface area (Å²) in [4.78, 5) is 14.8. The number of morpholine rings is 1. The van der Waals surface area contributed by atoms with Crippen molar-refractivity contribution in [1.82, 2.24) is 0 Å². The molecule has 126 valence electrons. The summed E-state index contributed by atoms with van der Waals surface area (Å²) in [6, 6.07) is 10.8. The molecule has 0 radical (unpaired) electrons. The van der Waals surface area contributed by atoms with Gasteiger partial charge in [0.05, 0.1) is 40.2 Å². The maximum absolute atomic E-state index is 12.6. The van der Waals surface area contributed by atoms with Crippen LogP contribution in [0.4, 0.5) is 11.4 Å². The molecule has 24 heavy (non-hydrogen) atoms. The number of hydrogen-bond donors (Lipinski definition) is 1. The molecule has 0 spiro atoms. The van der Waals surface area contributed by atoms with Crippen molar-refractivity contribution in [2.24, 2.45) is 0 Å². The number of hydrogen-bond acceptors (Lipinski definition) is 3. The summed E-state index contributed by atoms with van der Waals surface area (Å²) in [7, 11) is 0. The second kappa shape index (κ2) is 7.91. The van der Waals surface area contributed by atoms with Gasteiger partial charge in [-0.2, -0.15) is 0 Å². The lowest BCUT2D eigenvalue weighted by molar-refractivity contribution is 0.102. The molecule has 0 aliphatic carbocycles. The first-order valence-electron chi connectivity index (χ1n) is 7.44. The van der Waals surface area contributed by atoms with Crippen molar-refractivity contribution in [3.05, 3.63) is 55.6 Å². The molecule has 0 bridgehead atoms. The van der Waals surface area contributed by atoms with Crippen LogP contribution in [-0.2, 0) is 4.74 Å². The zero-order valence-corrected chi connectivity index (χ0v) is 16.4. The second-order valence-corrected chi connectivity index (χ2v) is 7.37. The predicted octanol–water partition coefficient (Wildman–Crippen LogP) is 4.69. The number of benzene rings is 2. The number of nitrogens with one attached hydrogen (secondary N) is 1. The predicted molar refractivity (Wildman–Crippen MR) is 107 cm³/mol. The number of para-hydroxylation sites is 1. The number of anilines is 2. The maximum Gasteiger partial charge on any atom is 0.257 e. The van der Waals surface area contributed by atoms with E-state index in [-0.39, 0.29) is 5.91 Å². The Morgan fingerprint density at radius 1 is 1.12 bits per heavy atom. The van der Waals surface area contributed by atoms with Crippen LogP contribution in [0, 0.1) is 3.57 Å². The fraction of sp³-hybridized carbons (Fsp3) is 0.235. The lowest BCUT2D eigenvalue weighted by Gasteiger charge is -2.31. The Kier molecular flexibility index (Phi) is 5.86. The van der Waals surface area contributed by atoms with E-state index in [4.69, 9.17) is 27.9 Å². The summed E-state index contributed by atoms with van der Waals surface area (Å²) in [5.41, 5.74) is 1.93. The third kappa shape index (κ3) is 3.96. The zero-order valence-electron chi connectivity index (χ0n) is 12.7. The van der Waals surface area contributed by atoms with Gasteiger partial charge in [0.1, 0.15) is 0 Å². The highest BCUT2D eigenvalue weighted by Crippen LogP contribution is 2.35. The number of halogens is 3. The fourth-order valence-corrected chi connectivity index (χ4v) is 3.57. The standard InChI is InChI=1S/C17H15Cl2IN2O2/c18-13-5-4-11(20)10-12(13)17(23)21-15-3-1-2-14(19)16(15)22-6-8-24-9-7-22/h1-5,10H,6-9H2,(H,21,23). The SMILES string of the molecule is O=C(Nc1cccc(Cl)c1N1CCOCC1)c1cc(I)ccc1Cl. The summed E-state index contributed by atoms with van der Waals surface area (Å²) in [6.07, 6.45) is 0. The van der Waals surface area contributed by atoms with Gasteiger partial charge in [0.2, 0.25) is 0 Å². The van der Waals surface area contributed by atoms with Crippen LogP contribution in [0.1, 0.15) is 10.4 Å². The topological polar surface area (TPSA) is 41.6 Å². The van der Waals surface area contributed by atoms with Crippen LogP contribution in [0.15, 0.2) is 36.4 Å². The van der Waals surface area contributed by atoms with Crippen LogP contribution in [-0.4, -0.2) is 32.2 Å². The number of amides is 1. The van der Waals surface area contributed by atoms with Crippen LogP contribution in [0.3, 0.4) is 0 Å². The van der Waals surface area contributed by atoms with Gasteiger partial charge < -0.3 is 15.0 Å². The Bertz CT molecular complexity index is 764. The van der Waals surface area contributed by atoms with E-state index in [2.05, 4.69) is 32.8 Å². The van der Waals surface area contributed by atoms with Gasteiger partial charge in [0.25, 0.3) is 5.91 Å². The molecule has 0 aromatic heterocycles. The number of carbonyl (C=O) groups is 1. The third-order valence-electron chi connectivity index (χ3n) is 3.74. The summed E-state index contributed by atoms with van der Waals surface area (Å²) in [5.74, 6) is -0.254. The van der Waals surface area contributed by atoms with Crippen molar-refractivity contribution in [2.75, 3.05) is 36.5 Å². The minimum atomic E-state index is -0.254. The number of carbonyl (C=O) groups excluding carboxylic acids is 1. The molecule has 1 saturated heterocycles. The Morgan fingerprint density at radius 2 is 1.88 bits per heavy atom. The molecule has 2 aromatic carbocycles. The number of ether oxygens (including phenoxy) is 1. The van der Waals surface area contributed by atoms with Gasteiger partial charge in [-0.3, -0.25) is 4.79 Å². The first kappa shape index (κ1) is 17.8. The van der Waals surface area contributed by atoms with E-state index >= 15 is 0 Å². The molecule has 0 unspecified atom stereocenters. The lowest BCUT2D eigenvalue weighted by atomic mass is 10.2. The van der Waals surface area contributed by atoms with Crippen molar-refractivity contribution in [1.29, 1.82) is 0 Å². The largest absolute Gasteiger partial charge is 0.378 e. The van der Waals surface area contributed by atoms with Crippen LogP contribution >= 0.6 is 45.8 Å². The molecule has 1 aliphatic rings. The van der Waals surface area contributed by atoms with E-state index < -0.39 is 0 Å². The van der Waals surface area contributed by atoms with Crippen LogP contribution in [0.5, 0.6) is 0 Å². The zero-order chi connectivity index (χ0) is 17.1. The number of nitrogens with zero attached hydrogens (tertiary/aromatic N) is 1. The summed E-state index contributed by atoms with van der Waals surface area (Å²) >= 11 is 14.7. The Hall–Kier alpha value is -1.02. The van der Waals surface area contributed by atoms with Crippen molar-refractivity contribution < 1.29 is 9.53 Å². The number of rotatable bonds is 3. The van der Waals surface area contributed by atoms with Crippen molar-refractivity contribution in [2.45, 2.75) is 0 Å². The first-order valence-corrected chi connectivity index (χ1v) is 9.27. The Morgan fingerprint density at radius 3 is 2.62 bits per heavy atom. The molecule has 1 fully saturated rings. The Balaban J connectivity index is 1.91. The Labute approximate surface area is 164 Å². The molecule has 7 heteroatoms. The minimum absolute atomic E-state index is 0.254. The van der Waals surface area contributed by atoms with Gasteiger partial charge >= 0.3 is 0 Å². The highest BCUT2D eigenvalue weighted by Gasteiger charge is 2.20. The van der Waals surface area contributed by atoms with Gasteiger partial charge in [-0.1, -0.05) is 29.3 Å². The molecular weight excluding hydrogens is 462 g/mol. The third-order valence-corrected chi connectivity index (χ3v) is 5.04. The molecule has 2 aromatic rings. The van der Waals surface area contributed by atoms with Gasteiger partial charge in [0.15, 0.2) is 0 Å². The highest BCUT2D eigenvalue weighted by molar-refractivity contribution is 14.1. The molecule has 1 heterocycles. The van der Waals surface area contributed by atoms with E-state index in [1.54, 1.807) is 12.1 Å².